The molecule has 3 N–H and O–H groups in total. The lowest BCUT2D eigenvalue weighted by Crippen LogP contribution is -2.09. The van der Waals surface area contributed by atoms with Gasteiger partial charge in [0.2, 0.25) is 0 Å². The van der Waals surface area contributed by atoms with Gasteiger partial charge in [-0.05, 0) is 31.0 Å². The highest BCUT2D eigenvalue weighted by Gasteiger charge is 2.25. The Morgan fingerprint density at radius 1 is 1.24 bits per heavy atom. The molecule has 0 aliphatic rings. The highest BCUT2D eigenvalue weighted by atomic mass is 79.9. The molecule has 6 heteroatoms. The minimum Gasteiger partial charge on any atom is -0.397 e. The third-order valence-corrected chi connectivity index (χ3v) is 2.71. The van der Waals surface area contributed by atoms with Gasteiger partial charge < -0.3 is 11.1 Å². The van der Waals surface area contributed by atoms with Gasteiger partial charge in [-0.1, -0.05) is 15.9 Å². The van der Waals surface area contributed by atoms with Crippen molar-refractivity contribution in [2.45, 2.75) is 25.4 Å². The van der Waals surface area contributed by atoms with Crippen LogP contribution >= 0.6 is 15.9 Å². The maximum Gasteiger partial charge on any atom is 0.389 e. The van der Waals surface area contributed by atoms with Crippen molar-refractivity contribution in [2.75, 3.05) is 17.6 Å². The van der Waals surface area contributed by atoms with Gasteiger partial charge >= 0.3 is 6.18 Å². The van der Waals surface area contributed by atoms with E-state index in [1.807, 2.05) is 6.07 Å². The lowest BCUT2D eigenvalue weighted by Gasteiger charge is -2.10. The molecule has 0 aromatic heterocycles. The molecule has 0 bridgehead atoms. The van der Waals surface area contributed by atoms with E-state index in [0.29, 0.717) is 18.7 Å². The Morgan fingerprint density at radius 2 is 1.94 bits per heavy atom. The van der Waals surface area contributed by atoms with E-state index in [9.17, 15) is 13.2 Å². The highest BCUT2D eigenvalue weighted by Crippen LogP contribution is 2.24. The van der Waals surface area contributed by atoms with Gasteiger partial charge in [0.1, 0.15) is 0 Å². The van der Waals surface area contributed by atoms with Crippen LogP contribution in [0, 0.1) is 0 Å². The number of nitrogens with two attached hydrogens (primary N) is 1. The van der Waals surface area contributed by atoms with E-state index in [2.05, 4.69) is 21.2 Å². The van der Waals surface area contributed by atoms with Crippen LogP contribution in [-0.2, 0) is 0 Å². The zero-order chi connectivity index (χ0) is 12.9. The predicted molar refractivity (Wildman–Crippen MR) is 67.0 cm³/mol. The molecule has 0 radical (unpaired) electrons. The molecule has 0 atom stereocenters. The van der Waals surface area contributed by atoms with Crippen molar-refractivity contribution in [1.82, 2.24) is 0 Å². The van der Waals surface area contributed by atoms with Crippen LogP contribution < -0.4 is 11.1 Å². The molecule has 1 rings (SSSR count). The molecule has 0 saturated carbocycles. The van der Waals surface area contributed by atoms with Crippen LogP contribution in [0.2, 0.25) is 0 Å². The minimum absolute atomic E-state index is 0.132. The van der Waals surface area contributed by atoms with E-state index < -0.39 is 12.6 Å². The number of alkyl halides is 3. The van der Waals surface area contributed by atoms with E-state index >= 15 is 0 Å². The highest BCUT2D eigenvalue weighted by molar-refractivity contribution is 9.10. The number of benzene rings is 1. The molecule has 2 nitrogen and oxygen atoms in total. The molecule has 17 heavy (non-hydrogen) atoms. The van der Waals surface area contributed by atoms with Gasteiger partial charge in [-0.15, -0.1) is 0 Å². The van der Waals surface area contributed by atoms with E-state index in [1.54, 1.807) is 12.1 Å². The Hall–Kier alpha value is -0.910. The maximum absolute atomic E-state index is 11.9. The van der Waals surface area contributed by atoms with Gasteiger partial charge in [0.05, 0.1) is 11.4 Å². The van der Waals surface area contributed by atoms with E-state index in [0.717, 1.165) is 10.2 Å². The van der Waals surface area contributed by atoms with Crippen LogP contribution in [0.5, 0.6) is 0 Å². The Labute approximate surface area is 107 Å². The number of hydrogen-bond acceptors (Lipinski definition) is 2. The summed E-state index contributed by atoms with van der Waals surface area (Å²) in [7, 11) is 0. The molecule has 0 heterocycles. The van der Waals surface area contributed by atoms with Crippen molar-refractivity contribution < 1.29 is 13.2 Å². The second kappa shape index (κ2) is 6.14. The molecule has 0 saturated heterocycles. The first-order chi connectivity index (χ1) is 7.88. The summed E-state index contributed by atoms with van der Waals surface area (Å²) in [5, 5.41) is 3.01. The number of halogens is 4. The molecule has 0 fully saturated rings. The quantitative estimate of drug-likeness (QED) is 0.632. The monoisotopic (exact) mass is 310 g/mol. The molecular formula is C11H14BrF3N2. The maximum atomic E-state index is 11.9. The Morgan fingerprint density at radius 3 is 2.53 bits per heavy atom. The molecule has 1 aromatic rings. The first kappa shape index (κ1) is 14.2. The molecule has 96 valence electrons. The van der Waals surface area contributed by atoms with Gasteiger partial charge in [-0.2, -0.15) is 13.2 Å². The average Bonchev–Trinajstić information content (AvgIpc) is 2.18. The normalized spacial score (nSPS) is 11.5. The largest absolute Gasteiger partial charge is 0.397 e. The van der Waals surface area contributed by atoms with Crippen LogP contribution in [0.25, 0.3) is 0 Å². The number of unbranched alkanes of at least 4 members (excludes halogenated alkanes) is 1. The summed E-state index contributed by atoms with van der Waals surface area (Å²) in [6.07, 6.45) is -4.19. The summed E-state index contributed by atoms with van der Waals surface area (Å²) in [4.78, 5) is 0. The number of nitrogen functional groups attached to an aromatic ring is 1. The first-order valence-electron chi connectivity index (χ1n) is 5.24. The van der Waals surface area contributed by atoms with Crippen molar-refractivity contribution >= 4 is 27.3 Å². The Balaban J connectivity index is 2.27. The number of hydrogen-bond donors (Lipinski definition) is 2. The van der Waals surface area contributed by atoms with E-state index in [1.165, 1.54) is 0 Å². The van der Waals surface area contributed by atoms with Crippen LogP contribution in [0.15, 0.2) is 22.7 Å². The summed E-state index contributed by atoms with van der Waals surface area (Å²) in [5.74, 6) is 0. The minimum atomic E-state index is -4.06. The molecule has 0 aliphatic heterocycles. The molecule has 0 unspecified atom stereocenters. The van der Waals surface area contributed by atoms with Crippen LogP contribution in [-0.4, -0.2) is 12.7 Å². The van der Waals surface area contributed by atoms with E-state index in [-0.39, 0.29) is 6.42 Å². The summed E-state index contributed by atoms with van der Waals surface area (Å²) < 4.78 is 36.5. The smallest absolute Gasteiger partial charge is 0.389 e. The van der Waals surface area contributed by atoms with Crippen molar-refractivity contribution in [3.05, 3.63) is 22.7 Å². The number of nitrogens with one attached hydrogen (secondary N) is 1. The predicted octanol–water partition coefficient (Wildman–Crippen LogP) is 4.18. The zero-order valence-corrected chi connectivity index (χ0v) is 10.7. The number of anilines is 2. The Kier molecular flexibility index (Phi) is 5.11. The lowest BCUT2D eigenvalue weighted by atomic mass is 10.2. The summed E-state index contributed by atoms with van der Waals surface area (Å²) in [6, 6.07) is 5.37. The standard InChI is InChI=1S/C11H14BrF3N2/c12-8-3-4-10(9(16)7-8)17-6-2-1-5-11(13,14)15/h3-4,7,17H,1-2,5-6,16H2. The average molecular weight is 311 g/mol. The third kappa shape index (κ3) is 5.81. The molecule has 0 spiro atoms. The fourth-order valence-corrected chi connectivity index (χ4v) is 1.75. The van der Waals surface area contributed by atoms with Crippen molar-refractivity contribution in [3.63, 3.8) is 0 Å². The fourth-order valence-electron chi connectivity index (χ4n) is 1.37. The SMILES string of the molecule is Nc1cc(Br)ccc1NCCCCC(F)(F)F. The van der Waals surface area contributed by atoms with E-state index in [4.69, 9.17) is 5.73 Å². The first-order valence-corrected chi connectivity index (χ1v) is 6.03. The molecule has 0 amide bonds. The van der Waals surface area contributed by atoms with Gasteiger partial charge in [0.25, 0.3) is 0 Å². The van der Waals surface area contributed by atoms with Gasteiger partial charge in [-0.25, -0.2) is 0 Å². The van der Waals surface area contributed by atoms with Crippen LogP contribution in [0.4, 0.5) is 24.5 Å². The van der Waals surface area contributed by atoms with Gasteiger partial charge in [0.15, 0.2) is 0 Å². The number of rotatable bonds is 5. The second-order valence-electron chi connectivity index (χ2n) is 3.73. The van der Waals surface area contributed by atoms with Crippen molar-refractivity contribution in [2.24, 2.45) is 0 Å². The van der Waals surface area contributed by atoms with Crippen LogP contribution in [0.1, 0.15) is 19.3 Å². The summed E-state index contributed by atoms with van der Waals surface area (Å²) >= 11 is 3.28. The van der Waals surface area contributed by atoms with Gasteiger partial charge in [0, 0.05) is 17.4 Å². The van der Waals surface area contributed by atoms with Crippen molar-refractivity contribution in [1.29, 1.82) is 0 Å². The van der Waals surface area contributed by atoms with Crippen molar-refractivity contribution in [3.8, 4) is 0 Å². The van der Waals surface area contributed by atoms with Crippen LogP contribution in [0.3, 0.4) is 0 Å². The second-order valence-corrected chi connectivity index (χ2v) is 4.65. The fraction of sp³-hybridized carbons (Fsp3) is 0.455. The van der Waals surface area contributed by atoms with Gasteiger partial charge in [-0.3, -0.25) is 0 Å². The summed E-state index contributed by atoms with van der Waals surface area (Å²) in [5.41, 5.74) is 7.06. The molecule has 0 aliphatic carbocycles. The third-order valence-electron chi connectivity index (χ3n) is 2.22. The summed E-state index contributed by atoms with van der Waals surface area (Å²) in [6.45, 7) is 0.488. The molecule has 1 aromatic carbocycles. The lowest BCUT2D eigenvalue weighted by molar-refractivity contribution is -0.135. The molecular weight excluding hydrogens is 297 g/mol. The topological polar surface area (TPSA) is 38.0 Å². The Bertz CT molecular complexity index is 366. The zero-order valence-electron chi connectivity index (χ0n) is 9.15.